The minimum atomic E-state index is 0.445. The number of hydrogen-bond acceptors (Lipinski definition) is 4. The first-order valence-electron chi connectivity index (χ1n) is 10.5. The van der Waals surface area contributed by atoms with E-state index in [9.17, 15) is 0 Å². The van der Waals surface area contributed by atoms with Gasteiger partial charge in [-0.3, -0.25) is 9.89 Å². The highest BCUT2D eigenvalue weighted by atomic mass is 15.3. The van der Waals surface area contributed by atoms with E-state index in [4.69, 9.17) is 0 Å². The molecule has 2 N–H and O–H groups in total. The van der Waals surface area contributed by atoms with Crippen molar-refractivity contribution < 1.29 is 0 Å². The number of hydrogen-bond donors (Lipinski definition) is 2. The molecule has 1 aliphatic rings. The summed E-state index contributed by atoms with van der Waals surface area (Å²) in [6, 6.07) is 17.1. The minimum Gasteiger partial charge on any atom is -0.354 e. The zero-order valence-corrected chi connectivity index (χ0v) is 17.4. The minimum absolute atomic E-state index is 0.445. The van der Waals surface area contributed by atoms with E-state index >= 15 is 0 Å². The van der Waals surface area contributed by atoms with Crippen LogP contribution < -0.4 is 10.6 Å². The van der Waals surface area contributed by atoms with E-state index in [-0.39, 0.29) is 0 Å². The van der Waals surface area contributed by atoms with Crippen LogP contribution in [0.1, 0.15) is 24.0 Å². The maximum absolute atomic E-state index is 4.40. The van der Waals surface area contributed by atoms with E-state index in [0.29, 0.717) is 12.6 Å². The average molecular weight is 404 g/mol. The van der Waals surface area contributed by atoms with Gasteiger partial charge in [-0.05, 0) is 42.2 Å². The lowest BCUT2D eigenvalue weighted by molar-refractivity contribution is 0.198. The summed E-state index contributed by atoms with van der Waals surface area (Å²) in [7, 11) is 1.82. The van der Waals surface area contributed by atoms with Crippen molar-refractivity contribution in [3.63, 3.8) is 0 Å². The van der Waals surface area contributed by atoms with Crippen LogP contribution >= 0.6 is 0 Å². The monoisotopic (exact) mass is 403 g/mol. The summed E-state index contributed by atoms with van der Waals surface area (Å²) in [5.74, 6) is 1.65. The Kier molecular flexibility index (Phi) is 6.72. The fourth-order valence-electron chi connectivity index (χ4n) is 3.75. The molecule has 0 atom stereocenters. The van der Waals surface area contributed by atoms with Gasteiger partial charge in [-0.15, -0.1) is 0 Å². The third-order valence-electron chi connectivity index (χ3n) is 5.41. The van der Waals surface area contributed by atoms with Gasteiger partial charge in [0.25, 0.3) is 0 Å². The van der Waals surface area contributed by atoms with E-state index in [1.807, 2.05) is 37.6 Å². The standard InChI is InChI=1S/C23H29N7/c1-24-23(26-17-20-8-12-25-22(16-20)30-13-5-11-27-30)28-21-9-14-29(15-10-21)18-19-6-3-2-4-7-19/h2-8,11-13,16,21H,9-10,14-15,17-18H2,1H3,(H2,24,26,28). The molecule has 4 rings (SSSR count). The smallest absolute Gasteiger partial charge is 0.191 e. The van der Waals surface area contributed by atoms with Crippen molar-refractivity contribution in [2.24, 2.45) is 4.99 Å². The number of rotatable bonds is 6. The van der Waals surface area contributed by atoms with Crippen LogP contribution in [0, 0.1) is 0 Å². The molecule has 0 amide bonds. The second-order valence-corrected chi connectivity index (χ2v) is 7.58. The first kappa shape index (κ1) is 20.1. The summed E-state index contributed by atoms with van der Waals surface area (Å²) in [6.07, 6.45) is 7.69. The number of nitrogens with zero attached hydrogens (tertiary/aromatic N) is 5. The second-order valence-electron chi connectivity index (χ2n) is 7.58. The van der Waals surface area contributed by atoms with Gasteiger partial charge in [0, 0.05) is 57.9 Å². The lowest BCUT2D eigenvalue weighted by atomic mass is 10.0. The van der Waals surface area contributed by atoms with E-state index in [1.54, 1.807) is 10.9 Å². The molecule has 3 heterocycles. The van der Waals surface area contributed by atoms with Crippen molar-refractivity contribution in [3.05, 3.63) is 78.2 Å². The van der Waals surface area contributed by atoms with Crippen molar-refractivity contribution in [1.29, 1.82) is 0 Å². The van der Waals surface area contributed by atoms with Gasteiger partial charge in [0.05, 0.1) is 0 Å². The van der Waals surface area contributed by atoms with Crippen molar-refractivity contribution >= 4 is 5.96 Å². The molecule has 0 bridgehead atoms. The largest absolute Gasteiger partial charge is 0.354 e. The van der Waals surface area contributed by atoms with E-state index in [0.717, 1.165) is 49.8 Å². The highest BCUT2D eigenvalue weighted by Gasteiger charge is 2.20. The summed E-state index contributed by atoms with van der Waals surface area (Å²) in [4.78, 5) is 11.3. The number of nitrogens with one attached hydrogen (secondary N) is 2. The van der Waals surface area contributed by atoms with Crippen molar-refractivity contribution in [2.75, 3.05) is 20.1 Å². The van der Waals surface area contributed by atoms with Gasteiger partial charge >= 0.3 is 0 Å². The number of aromatic nitrogens is 3. The van der Waals surface area contributed by atoms with Crippen LogP contribution in [0.15, 0.2) is 72.1 Å². The maximum Gasteiger partial charge on any atom is 0.191 e. The topological polar surface area (TPSA) is 70.4 Å². The molecule has 1 saturated heterocycles. The van der Waals surface area contributed by atoms with Crippen LogP contribution in [-0.2, 0) is 13.1 Å². The molecule has 7 heteroatoms. The fraction of sp³-hybridized carbons (Fsp3) is 0.348. The Hall–Kier alpha value is -3.19. The molecule has 0 saturated carbocycles. The zero-order chi connectivity index (χ0) is 20.6. The van der Waals surface area contributed by atoms with E-state index in [1.165, 1.54) is 5.56 Å². The van der Waals surface area contributed by atoms with Gasteiger partial charge in [0.15, 0.2) is 11.8 Å². The molecular formula is C23H29N7. The highest BCUT2D eigenvalue weighted by molar-refractivity contribution is 5.79. The molecule has 0 radical (unpaired) electrons. The van der Waals surface area contributed by atoms with Crippen LogP contribution in [0.25, 0.3) is 5.82 Å². The van der Waals surface area contributed by atoms with Gasteiger partial charge in [-0.2, -0.15) is 5.10 Å². The molecule has 2 aromatic heterocycles. The SMILES string of the molecule is CN=C(NCc1ccnc(-n2cccn2)c1)NC1CCN(Cc2ccccc2)CC1. The number of pyridine rings is 1. The van der Waals surface area contributed by atoms with Crippen LogP contribution in [0.2, 0.25) is 0 Å². The first-order valence-corrected chi connectivity index (χ1v) is 10.5. The number of guanidine groups is 1. The Morgan fingerprint density at radius 1 is 1.07 bits per heavy atom. The lowest BCUT2D eigenvalue weighted by Gasteiger charge is -2.33. The Morgan fingerprint density at radius 3 is 2.63 bits per heavy atom. The number of likely N-dealkylation sites (tertiary alicyclic amines) is 1. The quantitative estimate of drug-likeness (QED) is 0.489. The summed E-state index contributed by atoms with van der Waals surface area (Å²) < 4.78 is 1.76. The number of aliphatic imine (C=N–C) groups is 1. The third kappa shape index (κ3) is 5.45. The van der Waals surface area contributed by atoms with Crippen LogP contribution in [0.3, 0.4) is 0 Å². The second kappa shape index (κ2) is 10.0. The summed E-state index contributed by atoms with van der Waals surface area (Å²) >= 11 is 0. The van der Waals surface area contributed by atoms with E-state index in [2.05, 4.69) is 60.9 Å². The number of benzene rings is 1. The Morgan fingerprint density at radius 2 is 1.90 bits per heavy atom. The molecule has 0 spiro atoms. The Bertz CT molecular complexity index is 929. The average Bonchev–Trinajstić information content (AvgIpc) is 3.34. The van der Waals surface area contributed by atoms with Gasteiger partial charge < -0.3 is 10.6 Å². The molecule has 7 nitrogen and oxygen atoms in total. The molecule has 156 valence electrons. The molecule has 1 aromatic carbocycles. The van der Waals surface area contributed by atoms with Gasteiger partial charge in [0.1, 0.15) is 0 Å². The molecule has 1 aliphatic heterocycles. The summed E-state index contributed by atoms with van der Waals surface area (Å²) in [5, 5.41) is 11.2. The molecular weight excluding hydrogens is 374 g/mol. The van der Waals surface area contributed by atoms with E-state index < -0.39 is 0 Å². The van der Waals surface area contributed by atoms with Gasteiger partial charge in [0.2, 0.25) is 0 Å². The van der Waals surface area contributed by atoms with Crippen LogP contribution in [-0.4, -0.2) is 51.8 Å². The van der Waals surface area contributed by atoms with Crippen LogP contribution in [0.4, 0.5) is 0 Å². The van der Waals surface area contributed by atoms with Crippen molar-refractivity contribution in [1.82, 2.24) is 30.3 Å². The zero-order valence-electron chi connectivity index (χ0n) is 17.4. The first-order chi connectivity index (χ1) is 14.8. The molecule has 0 unspecified atom stereocenters. The molecule has 0 aliphatic carbocycles. The van der Waals surface area contributed by atoms with Crippen LogP contribution in [0.5, 0.6) is 0 Å². The van der Waals surface area contributed by atoms with Crippen molar-refractivity contribution in [3.8, 4) is 5.82 Å². The third-order valence-corrected chi connectivity index (χ3v) is 5.41. The Balaban J connectivity index is 1.24. The molecule has 1 fully saturated rings. The molecule has 30 heavy (non-hydrogen) atoms. The lowest BCUT2D eigenvalue weighted by Crippen LogP contribution is -2.48. The van der Waals surface area contributed by atoms with Crippen molar-refractivity contribution in [2.45, 2.75) is 32.0 Å². The van der Waals surface area contributed by atoms with Gasteiger partial charge in [-0.25, -0.2) is 9.67 Å². The molecule has 3 aromatic rings. The Labute approximate surface area is 177 Å². The predicted molar refractivity (Wildman–Crippen MR) is 119 cm³/mol. The summed E-state index contributed by atoms with van der Waals surface area (Å²) in [5.41, 5.74) is 2.52. The van der Waals surface area contributed by atoms with Gasteiger partial charge in [-0.1, -0.05) is 30.3 Å². The predicted octanol–water partition coefficient (Wildman–Crippen LogP) is 2.60. The highest BCUT2D eigenvalue weighted by Crippen LogP contribution is 2.14. The summed E-state index contributed by atoms with van der Waals surface area (Å²) in [6.45, 7) is 3.91. The number of piperidine rings is 1. The fourth-order valence-corrected chi connectivity index (χ4v) is 3.75. The maximum atomic E-state index is 4.40. The normalized spacial score (nSPS) is 15.8.